The molecule has 118 valence electrons. The van der Waals surface area contributed by atoms with Crippen LogP contribution in [0.1, 0.15) is 39.3 Å². The maximum atomic E-state index is 11.7. The Hall–Kier alpha value is -1.07. The van der Waals surface area contributed by atoms with Crippen LogP contribution in [0.2, 0.25) is 0 Å². The molecule has 5 heteroatoms. The minimum absolute atomic E-state index is 0.0367. The lowest BCUT2D eigenvalue weighted by molar-refractivity contribution is -0.123. The van der Waals surface area contributed by atoms with E-state index in [9.17, 15) is 4.79 Å². The molecule has 0 aliphatic heterocycles. The fourth-order valence-electron chi connectivity index (χ4n) is 1.92. The quantitative estimate of drug-likeness (QED) is 0.751. The highest BCUT2D eigenvalue weighted by atomic mass is 79.9. The van der Waals surface area contributed by atoms with Crippen LogP contribution in [-0.4, -0.2) is 25.6 Å². The van der Waals surface area contributed by atoms with Crippen LogP contribution in [-0.2, 0) is 4.79 Å². The molecule has 4 nitrogen and oxygen atoms in total. The Kier molecular flexibility index (Phi) is 7.75. The lowest BCUT2D eigenvalue weighted by Gasteiger charge is -2.18. The van der Waals surface area contributed by atoms with Gasteiger partial charge in [-0.2, -0.15) is 0 Å². The minimum Gasteiger partial charge on any atom is -0.483 e. The molecule has 0 radical (unpaired) electrons. The number of hydrogen-bond donors (Lipinski definition) is 2. The molecule has 0 fully saturated rings. The van der Waals surface area contributed by atoms with Crippen LogP contribution in [0.4, 0.5) is 0 Å². The SMILES string of the molecule is CCNC(C)c1ccc(Br)cc1OCC(=O)NCC(C)C. The fourth-order valence-corrected chi connectivity index (χ4v) is 2.26. The van der Waals surface area contributed by atoms with Crippen molar-refractivity contribution in [2.75, 3.05) is 19.7 Å². The van der Waals surface area contributed by atoms with Crippen molar-refractivity contribution >= 4 is 21.8 Å². The van der Waals surface area contributed by atoms with Crippen molar-refractivity contribution in [1.82, 2.24) is 10.6 Å². The first-order chi connectivity index (χ1) is 9.93. The summed E-state index contributed by atoms with van der Waals surface area (Å²) >= 11 is 3.44. The van der Waals surface area contributed by atoms with Gasteiger partial charge in [-0.3, -0.25) is 4.79 Å². The van der Waals surface area contributed by atoms with Crippen LogP contribution in [0.25, 0.3) is 0 Å². The number of ether oxygens (including phenoxy) is 1. The van der Waals surface area contributed by atoms with Crippen LogP contribution in [0.3, 0.4) is 0 Å². The highest BCUT2D eigenvalue weighted by Crippen LogP contribution is 2.28. The predicted octanol–water partition coefficient (Wildman–Crippen LogP) is 3.27. The number of carbonyl (C=O) groups excluding carboxylic acids is 1. The van der Waals surface area contributed by atoms with Crippen molar-refractivity contribution in [3.8, 4) is 5.75 Å². The molecule has 2 N–H and O–H groups in total. The van der Waals surface area contributed by atoms with E-state index in [2.05, 4.69) is 54.3 Å². The van der Waals surface area contributed by atoms with Crippen LogP contribution in [0.15, 0.2) is 22.7 Å². The normalized spacial score (nSPS) is 12.3. The summed E-state index contributed by atoms with van der Waals surface area (Å²) in [5.74, 6) is 1.08. The topological polar surface area (TPSA) is 50.4 Å². The van der Waals surface area contributed by atoms with Gasteiger partial charge in [-0.05, 0) is 31.5 Å². The number of benzene rings is 1. The van der Waals surface area contributed by atoms with Gasteiger partial charge in [-0.15, -0.1) is 0 Å². The zero-order valence-electron chi connectivity index (χ0n) is 13.2. The number of carbonyl (C=O) groups is 1. The molecule has 1 unspecified atom stereocenters. The van der Waals surface area contributed by atoms with E-state index < -0.39 is 0 Å². The zero-order chi connectivity index (χ0) is 15.8. The van der Waals surface area contributed by atoms with Crippen LogP contribution < -0.4 is 15.4 Å². The van der Waals surface area contributed by atoms with Crippen molar-refractivity contribution in [1.29, 1.82) is 0 Å². The first kappa shape index (κ1) is 18.0. The molecule has 0 aliphatic rings. The number of hydrogen-bond acceptors (Lipinski definition) is 3. The Morgan fingerprint density at radius 2 is 2.05 bits per heavy atom. The zero-order valence-corrected chi connectivity index (χ0v) is 14.8. The van der Waals surface area contributed by atoms with Crippen LogP contribution in [0.5, 0.6) is 5.75 Å². The maximum Gasteiger partial charge on any atom is 0.257 e. The van der Waals surface area contributed by atoms with Crippen molar-refractivity contribution in [3.63, 3.8) is 0 Å². The average molecular weight is 357 g/mol. The molecule has 0 saturated heterocycles. The second-order valence-electron chi connectivity index (χ2n) is 5.45. The molecule has 0 bridgehead atoms. The van der Waals surface area contributed by atoms with Gasteiger partial charge in [-0.1, -0.05) is 42.8 Å². The molecule has 1 amide bonds. The predicted molar refractivity (Wildman–Crippen MR) is 89.6 cm³/mol. The smallest absolute Gasteiger partial charge is 0.257 e. The molecule has 21 heavy (non-hydrogen) atoms. The standard InChI is InChI=1S/C16H25BrN2O2/c1-5-18-12(4)14-7-6-13(17)8-15(14)21-10-16(20)19-9-11(2)3/h6-8,11-12,18H,5,9-10H2,1-4H3,(H,19,20). The largest absolute Gasteiger partial charge is 0.483 e. The lowest BCUT2D eigenvalue weighted by Crippen LogP contribution is -2.32. The second-order valence-corrected chi connectivity index (χ2v) is 6.36. The summed E-state index contributed by atoms with van der Waals surface area (Å²) in [6.07, 6.45) is 0. The van der Waals surface area contributed by atoms with Crippen molar-refractivity contribution in [3.05, 3.63) is 28.2 Å². The Morgan fingerprint density at radius 1 is 1.33 bits per heavy atom. The fraction of sp³-hybridized carbons (Fsp3) is 0.562. The molecule has 1 atom stereocenters. The van der Waals surface area contributed by atoms with Crippen LogP contribution in [0, 0.1) is 5.92 Å². The number of nitrogens with one attached hydrogen (secondary N) is 2. The molecule has 1 aromatic carbocycles. The molecule has 1 aromatic rings. The van der Waals surface area contributed by atoms with E-state index >= 15 is 0 Å². The molecule has 1 rings (SSSR count). The van der Waals surface area contributed by atoms with E-state index in [-0.39, 0.29) is 18.6 Å². The van der Waals surface area contributed by atoms with Crippen LogP contribution >= 0.6 is 15.9 Å². The summed E-state index contributed by atoms with van der Waals surface area (Å²) in [5.41, 5.74) is 1.05. The van der Waals surface area contributed by atoms with E-state index in [1.165, 1.54) is 0 Å². The second kappa shape index (κ2) is 9.05. The number of rotatable bonds is 8. The maximum absolute atomic E-state index is 11.7. The van der Waals surface area contributed by atoms with Gasteiger partial charge in [0.05, 0.1) is 0 Å². The summed E-state index contributed by atoms with van der Waals surface area (Å²) in [6, 6.07) is 6.07. The average Bonchev–Trinajstić information content (AvgIpc) is 2.43. The van der Waals surface area contributed by atoms with Gasteiger partial charge in [0.1, 0.15) is 5.75 Å². The van der Waals surface area contributed by atoms with E-state index in [0.29, 0.717) is 12.5 Å². The first-order valence-electron chi connectivity index (χ1n) is 7.36. The van der Waals surface area contributed by atoms with E-state index in [4.69, 9.17) is 4.74 Å². The van der Waals surface area contributed by atoms with Crippen molar-refractivity contribution in [2.24, 2.45) is 5.92 Å². The van der Waals surface area contributed by atoms with Gasteiger partial charge < -0.3 is 15.4 Å². The Labute approximate surface area is 135 Å². The Morgan fingerprint density at radius 3 is 2.67 bits per heavy atom. The molecular formula is C16H25BrN2O2. The minimum atomic E-state index is -0.0919. The van der Waals surface area contributed by atoms with Gasteiger partial charge >= 0.3 is 0 Å². The molecule has 0 aliphatic carbocycles. The molecule has 0 spiro atoms. The summed E-state index contributed by atoms with van der Waals surface area (Å²) < 4.78 is 6.64. The molecular weight excluding hydrogens is 332 g/mol. The highest BCUT2D eigenvalue weighted by molar-refractivity contribution is 9.10. The molecule has 0 saturated carbocycles. The molecule has 0 heterocycles. The third-order valence-corrected chi connectivity index (χ3v) is 3.51. The van der Waals surface area contributed by atoms with Crippen molar-refractivity contribution in [2.45, 2.75) is 33.7 Å². The first-order valence-corrected chi connectivity index (χ1v) is 8.15. The van der Waals surface area contributed by atoms with Gasteiger partial charge in [0, 0.05) is 22.6 Å². The summed E-state index contributed by atoms with van der Waals surface area (Å²) in [7, 11) is 0. The van der Waals surface area contributed by atoms with Gasteiger partial charge in [0.2, 0.25) is 0 Å². The third-order valence-electron chi connectivity index (χ3n) is 3.02. The lowest BCUT2D eigenvalue weighted by atomic mass is 10.1. The highest BCUT2D eigenvalue weighted by Gasteiger charge is 2.13. The van der Waals surface area contributed by atoms with E-state index in [0.717, 1.165) is 22.3 Å². The molecule has 0 aromatic heterocycles. The monoisotopic (exact) mass is 356 g/mol. The summed E-state index contributed by atoms with van der Waals surface area (Å²) in [4.78, 5) is 11.7. The van der Waals surface area contributed by atoms with E-state index in [1.807, 2.05) is 18.2 Å². The third kappa shape index (κ3) is 6.48. The van der Waals surface area contributed by atoms with E-state index in [1.54, 1.807) is 0 Å². The van der Waals surface area contributed by atoms with Gasteiger partial charge in [0.15, 0.2) is 6.61 Å². The number of amides is 1. The Bertz CT molecular complexity index is 464. The summed E-state index contributed by atoms with van der Waals surface area (Å²) in [5, 5.41) is 6.20. The summed E-state index contributed by atoms with van der Waals surface area (Å²) in [6.45, 7) is 9.85. The Balaban J connectivity index is 2.68. The van der Waals surface area contributed by atoms with Gasteiger partial charge in [-0.25, -0.2) is 0 Å². The number of halogens is 1. The van der Waals surface area contributed by atoms with Crippen molar-refractivity contribution < 1.29 is 9.53 Å². The van der Waals surface area contributed by atoms with Gasteiger partial charge in [0.25, 0.3) is 5.91 Å².